The second-order valence-corrected chi connectivity index (χ2v) is 4.50. The number of amides is 1. The lowest BCUT2D eigenvalue weighted by Gasteiger charge is -2.14. The highest BCUT2D eigenvalue weighted by molar-refractivity contribution is 5.93. The van der Waals surface area contributed by atoms with Crippen molar-refractivity contribution in [2.24, 2.45) is 5.73 Å². The average Bonchev–Trinajstić information content (AvgIpc) is 2.45. The molecule has 2 aromatic rings. The number of primary amides is 1. The molecule has 1 unspecified atom stereocenters. The molecular weight excluding hydrogens is 278 g/mol. The number of nitrogens with one attached hydrogen (secondary N) is 1. The molecule has 0 aliphatic heterocycles. The fourth-order valence-electron chi connectivity index (χ4n) is 1.85. The van der Waals surface area contributed by atoms with Gasteiger partial charge in [0.15, 0.2) is 0 Å². The lowest BCUT2D eigenvalue weighted by Crippen LogP contribution is -2.14. The van der Waals surface area contributed by atoms with E-state index in [4.69, 9.17) is 5.73 Å². The Morgan fingerprint density at radius 1 is 1.19 bits per heavy atom. The van der Waals surface area contributed by atoms with E-state index in [9.17, 15) is 18.7 Å². The molecule has 0 saturated heterocycles. The van der Waals surface area contributed by atoms with Crippen LogP contribution in [0.2, 0.25) is 0 Å². The maximum Gasteiger partial charge on any atom is 0.248 e. The van der Waals surface area contributed by atoms with Crippen molar-refractivity contribution in [3.05, 3.63) is 65.2 Å². The molecule has 0 fully saturated rings. The fourth-order valence-corrected chi connectivity index (χ4v) is 1.85. The van der Waals surface area contributed by atoms with Gasteiger partial charge in [-0.2, -0.15) is 0 Å². The monoisotopic (exact) mass is 292 g/mol. The first-order valence-electron chi connectivity index (χ1n) is 6.24. The predicted molar refractivity (Wildman–Crippen MR) is 74.8 cm³/mol. The van der Waals surface area contributed by atoms with Crippen LogP contribution >= 0.6 is 0 Å². The van der Waals surface area contributed by atoms with E-state index < -0.39 is 23.6 Å². The Bertz CT molecular complexity index is 645. The summed E-state index contributed by atoms with van der Waals surface area (Å²) >= 11 is 0. The van der Waals surface area contributed by atoms with Gasteiger partial charge in [0.05, 0.1) is 6.10 Å². The summed E-state index contributed by atoms with van der Waals surface area (Å²) in [6, 6.07) is 9.32. The number of aliphatic hydroxyl groups excluding tert-OH is 1. The molecule has 2 aromatic carbocycles. The van der Waals surface area contributed by atoms with Crippen LogP contribution in [-0.2, 0) is 0 Å². The highest BCUT2D eigenvalue weighted by Crippen LogP contribution is 2.19. The molecule has 6 heteroatoms. The lowest BCUT2D eigenvalue weighted by atomic mass is 10.1. The van der Waals surface area contributed by atoms with E-state index in [1.807, 2.05) is 0 Å². The molecule has 4 N–H and O–H groups in total. The molecule has 2 rings (SSSR count). The maximum atomic E-state index is 13.5. The molecule has 0 heterocycles. The number of carbonyl (C=O) groups excluding carboxylic acids is 1. The topological polar surface area (TPSA) is 75.4 Å². The van der Waals surface area contributed by atoms with Crippen LogP contribution in [0.15, 0.2) is 42.5 Å². The third kappa shape index (κ3) is 3.76. The van der Waals surface area contributed by atoms with Gasteiger partial charge < -0.3 is 16.2 Å². The van der Waals surface area contributed by atoms with Gasteiger partial charge in [0.1, 0.15) is 11.6 Å². The summed E-state index contributed by atoms with van der Waals surface area (Å²) in [6.45, 7) is 0.0401. The number of rotatable bonds is 5. The number of nitrogens with two attached hydrogens (primary N) is 1. The van der Waals surface area contributed by atoms with Crippen molar-refractivity contribution in [2.75, 3.05) is 11.9 Å². The van der Waals surface area contributed by atoms with Crippen molar-refractivity contribution >= 4 is 11.6 Å². The molecule has 0 radical (unpaired) electrons. The molecule has 0 saturated carbocycles. The van der Waals surface area contributed by atoms with E-state index in [1.54, 1.807) is 12.1 Å². The molecule has 0 aliphatic rings. The third-order valence-electron chi connectivity index (χ3n) is 2.99. The number of anilines is 1. The van der Waals surface area contributed by atoms with Gasteiger partial charge in [0, 0.05) is 29.4 Å². The Hall–Kier alpha value is -2.47. The number of benzene rings is 2. The minimum Gasteiger partial charge on any atom is -0.386 e. The molecule has 0 bridgehead atoms. The maximum absolute atomic E-state index is 13.5. The molecule has 0 spiro atoms. The van der Waals surface area contributed by atoms with Crippen LogP contribution in [-0.4, -0.2) is 17.6 Å². The lowest BCUT2D eigenvalue weighted by molar-refractivity contribution is 0.100. The second-order valence-electron chi connectivity index (χ2n) is 4.50. The van der Waals surface area contributed by atoms with Crippen LogP contribution in [0.5, 0.6) is 0 Å². The Balaban J connectivity index is 2.00. The Morgan fingerprint density at radius 2 is 1.86 bits per heavy atom. The smallest absolute Gasteiger partial charge is 0.248 e. The van der Waals surface area contributed by atoms with E-state index in [0.717, 1.165) is 12.1 Å². The Labute approximate surface area is 120 Å². The molecule has 110 valence electrons. The van der Waals surface area contributed by atoms with Gasteiger partial charge in [-0.15, -0.1) is 0 Å². The van der Waals surface area contributed by atoms with Gasteiger partial charge in [-0.3, -0.25) is 4.79 Å². The summed E-state index contributed by atoms with van der Waals surface area (Å²) < 4.78 is 26.3. The Kier molecular flexibility index (Phi) is 4.49. The zero-order valence-electron chi connectivity index (χ0n) is 11.0. The van der Waals surface area contributed by atoms with E-state index >= 15 is 0 Å². The highest BCUT2D eigenvalue weighted by atomic mass is 19.1. The first kappa shape index (κ1) is 14.9. The van der Waals surface area contributed by atoms with Gasteiger partial charge in [0.2, 0.25) is 5.91 Å². The van der Waals surface area contributed by atoms with Crippen LogP contribution in [0.3, 0.4) is 0 Å². The molecule has 21 heavy (non-hydrogen) atoms. The van der Waals surface area contributed by atoms with Gasteiger partial charge in [-0.25, -0.2) is 8.78 Å². The summed E-state index contributed by atoms with van der Waals surface area (Å²) in [5.74, 6) is -2.03. The van der Waals surface area contributed by atoms with Crippen LogP contribution in [0, 0.1) is 11.6 Å². The van der Waals surface area contributed by atoms with Crippen LogP contribution in [0.1, 0.15) is 22.0 Å². The standard InChI is InChI=1S/C15H14F2N2O2/c16-10-3-6-12(13(17)7-10)14(20)8-19-11-4-1-9(2-5-11)15(18)21/h1-7,14,19-20H,8H2,(H2,18,21). The largest absolute Gasteiger partial charge is 0.386 e. The first-order valence-corrected chi connectivity index (χ1v) is 6.24. The summed E-state index contributed by atoms with van der Waals surface area (Å²) in [4.78, 5) is 10.9. The number of aliphatic hydroxyl groups is 1. The van der Waals surface area contributed by atoms with E-state index in [0.29, 0.717) is 11.3 Å². The Morgan fingerprint density at radius 3 is 2.43 bits per heavy atom. The van der Waals surface area contributed by atoms with Gasteiger partial charge in [-0.05, 0) is 30.3 Å². The zero-order chi connectivity index (χ0) is 15.4. The number of carbonyl (C=O) groups is 1. The van der Waals surface area contributed by atoms with Crippen molar-refractivity contribution in [3.63, 3.8) is 0 Å². The zero-order valence-corrected chi connectivity index (χ0v) is 11.0. The van der Waals surface area contributed by atoms with Crippen LogP contribution < -0.4 is 11.1 Å². The van der Waals surface area contributed by atoms with Gasteiger partial charge in [-0.1, -0.05) is 6.07 Å². The fraction of sp³-hybridized carbons (Fsp3) is 0.133. The van der Waals surface area contributed by atoms with Crippen LogP contribution in [0.4, 0.5) is 14.5 Å². The summed E-state index contributed by atoms with van der Waals surface area (Å²) in [7, 11) is 0. The van der Waals surface area contributed by atoms with E-state index in [2.05, 4.69) is 5.32 Å². The van der Waals surface area contributed by atoms with Crippen molar-refractivity contribution < 1.29 is 18.7 Å². The number of hydrogen-bond donors (Lipinski definition) is 3. The van der Waals surface area contributed by atoms with Gasteiger partial charge in [0.25, 0.3) is 0 Å². The van der Waals surface area contributed by atoms with Crippen molar-refractivity contribution in [2.45, 2.75) is 6.10 Å². The minimum absolute atomic E-state index is 0.0117. The summed E-state index contributed by atoms with van der Waals surface area (Å²) in [6.07, 6.45) is -1.12. The van der Waals surface area contributed by atoms with Crippen molar-refractivity contribution in [1.82, 2.24) is 0 Å². The first-order chi connectivity index (χ1) is 9.97. The normalized spacial score (nSPS) is 12.0. The van der Waals surface area contributed by atoms with E-state index in [1.165, 1.54) is 18.2 Å². The highest BCUT2D eigenvalue weighted by Gasteiger charge is 2.13. The molecule has 0 aromatic heterocycles. The number of halogens is 2. The van der Waals surface area contributed by atoms with Crippen molar-refractivity contribution in [1.29, 1.82) is 0 Å². The molecule has 1 amide bonds. The number of hydrogen-bond acceptors (Lipinski definition) is 3. The molecule has 4 nitrogen and oxygen atoms in total. The van der Waals surface area contributed by atoms with Crippen LogP contribution in [0.25, 0.3) is 0 Å². The van der Waals surface area contributed by atoms with E-state index in [-0.39, 0.29) is 12.1 Å². The SMILES string of the molecule is NC(=O)c1ccc(NCC(O)c2ccc(F)cc2F)cc1. The third-order valence-corrected chi connectivity index (χ3v) is 2.99. The summed E-state index contributed by atoms with van der Waals surface area (Å²) in [5.41, 5.74) is 6.14. The predicted octanol–water partition coefficient (Wildman–Crippen LogP) is 2.21. The average molecular weight is 292 g/mol. The second kappa shape index (κ2) is 6.32. The molecular formula is C15H14F2N2O2. The summed E-state index contributed by atoms with van der Waals surface area (Å²) in [5, 5.41) is 12.8. The minimum atomic E-state index is -1.12. The quantitative estimate of drug-likeness (QED) is 0.791. The molecule has 0 aliphatic carbocycles. The van der Waals surface area contributed by atoms with Gasteiger partial charge >= 0.3 is 0 Å². The van der Waals surface area contributed by atoms with Crippen molar-refractivity contribution in [3.8, 4) is 0 Å². The molecule has 1 atom stereocenters.